The molecule has 15 heavy (non-hydrogen) atoms. The SMILES string of the molecule is CC(CO)NC(=O)c1cc(F)ccc1N. The molecular weight excluding hydrogens is 199 g/mol. The van der Waals surface area contributed by atoms with Crippen LogP contribution in [0, 0.1) is 5.82 Å². The number of benzene rings is 1. The zero-order valence-electron chi connectivity index (χ0n) is 8.33. The minimum absolute atomic E-state index is 0.0790. The van der Waals surface area contributed by atoms with Gasteiger partial charge in [0.1, 0.15) is 5.82 Å². The number of rotatable bonds is 3. The molecule has 1 rings (SSSR count). The van der Waals surface area contributed by atoms with Gasteiger partial charge in [-0.05, 0) is 25.1 Å². The Labute approximate surface area is 86.9 Å². The van der Waals surface area contributed by atoms with Crippen molar-refractivity contribution in [2.45, 2.75) is 13.0 Å². The van der Waals surface area contributed by atoms with Gasteiger partial charge in [-0.15, -0.1) is 0 Å². The number of nitrogens with one attached hydrogen (secondary N) is 1. The minimum atomic E-state index is -0.522. The van der Waals surface area contributed by atoms with Crippen molar-refractivity contribution in [1.82, 2.24) is 5.32 Å². The number of aliphatic hydroxyl groups excluding tert-OH is 1. The van der Waals surface area contributed by atoms with Gasteiger partial charge in [-0.3, -0.25) is 4.79 Å². The lowest BCUT2D eigenvalue weighted by molar-refractivity contribution is 0.0923. The van der Waals surface area contributed by atoms with E-state index in [1.165, 1.54) is 12.1 Å². The maximum Gasteiger partial charge on any atom is 0.253 e. The van der Waals surface area contributed by atoms with E-state index in [-0.39, 0.29) is 23.9 Å². The molecule has 0 radical (unpaired) electrons. The standard InChI is InChI=1S/C10H13FN2O2/c1-6(5-14)13-10(15)8-4-7(11)2-3-9(8)12/h2-4,6,14H,5,12H2,1H3,(H,13,15). The summed E-state index contributed by atoms with van der Waals surface area (Å²) in [5, 5.41) is 11.2. The van der Waals surface area contributed by atoms with Crippen LogP contribution >= 0.6 is 0 Å². The molecule has 1 amide bonds. The van der Waals surface area contributed by atoms with Gasteiger partial charge in [-0.25, -0.2) is 4.39 Å². The van der Waals surface area contributed by atoms with Crippen LogP contribution in [0.1, 0.15) is 17.3 Å². The van der Waals surface area contributed by atoms with Crippen molar-refractivity contribution in [3.8, 4) is 0 Å². The van der Waals surface area contributed by atoms with Gasteiger partial charge in [0.05, 0.1) is 12.2 Å². The molecule has 0 fully saturated rings. The highest BCUT2D eigenvalue weighted by atomic mass is 19.1. The first-order chi connectivity index (χ1) is 7.04. The smallest absolute Gasteiger partial charge is 0.253 e. The Balaban J connectivity index is 2.86. The molecule has 0 aliphatic carbocycles. The van der Waals surface area contributed by atoms with Crippen LogP contribution in [-0.4, -0.2) is 23.7 Å². The maximum absolute atomic E-state index is 12.8. The van der Waals surface area contributed by atoms with E-state index < -0.39 is 11.7 Å². The van der Waals surface area contributed by atoms with Gasteiger partial charge in [-0.2, -0.15) is 0 Å². The number of carbonyl (C=O) groups is 1. The van der Waals surface area contributed by atoms with Crippen LogP contribution in [-0.2, 0) is 0 Å². The fourth-order valence-electron chi connectivity index (χ4n) is 1.07. The molecule has 1 aromatic rings. The van der Waals surface area contributed by atoms with Crippen molar-refractivity contribution in [3.05, 3.63) is 29.6 Å². The molecule has 0 heterocycles. The van der Waals surface area contributed by atoms with Crippen LogP contribution in [0.5, 0.6) is 0 Å². The van der Waals surface area contributed by atoms with Crippen LogP contribution in [0.25, 0.3) is 0 Å². The lowest BCUT2D eigenvalue weighted by Crippen LogP contribution is -2.35. The third-order valence-corrected chi connectivity index (χ3v) is 1.91. The lowest BCUT2D eigenvalue weighted by atomic mass is 10.1. The maximum atomic E-state index is 12.8. The molecular formula is C10H13FN2O2. The summed E-state index contributed by atoms with van der Waals surface area (Å²) in [7, 11) is 0. The van der Waals surface area contributed by atoms with Crippen LogP contribution in [0.2, 0.25) is 0 Å². The monoisotopic (exact) mass is 212 g/mol. The predicted molar refractivity (Wildman–Crippen MR) is 54.8 cm³/mol. The number of halogens is 1. The summed E-state index contributed by atoms with van der Waals surface area (Å²) in [6.07, 6.45) is 0. The molecule has 0 aliphatic heterocycles. The molecule has 0 aromatic heterocycles. The average Bonchev–Trinajstić information content (AvgIpc) is 2.21. The zero-order chi connectivity index (χ0) is 11.4. The Kier molecular flexibility index (Phi) is 3.62. The first-order valence-corrected chi connectivity index (χ1v) is 4.51. The molecule has 4 N–H and O–H groups in total. The number of nitrogen functional groups attached to an aromatic ring is 1. The molecule has 0 saturated heterocycles. The number of hydrogen-bond acceptors (Lipinski definition) is 3. The third-order valence-electron chi connectivity index (χ3n) is 1.91. The first-order valence-electron chi connectivity index (χ1n) is 4.51. The Morgan fingerprint density at radius 1 is 1.67 bits per heavy atom. The second-order valence-corrected chi connectivity index (χ2v) is 3.29. The largest absolute Gasteiger partial charge is 0.398 e. The van der Waals surface area contributed by atoms with Crippen LogP contribution in [0.15, 0.2) is 18.2 Å². The quantitative estimate of drug-likeness (QED) is 0.639. The summed E-state index contributed by atoms with van der Waals surface area (Å²) < 4.78 is 12.8. The van der Waals surface area contributed by atoms with Crippen molar-refractivity contribution in [2.24, 2.45) is 0 Å². The summed E-state index contributed by atoms with van der Waals surface area (Å²) in [4.78, 5) is 11.5. The minimum Gasteiger partial charge on any atom is -0.398 e. The predicted octanol–water partition coefficient (Wildman–Crippen LogP) is 0.519. The molecule has 0 bridgehead atoms. The third kappa shape index (κ3) is 2.92. The molecule has 4 nitrogen and oxygen atoms in total. The summed E-state index contributed by atoms with van der Waals surface area (Å²) >= 11 is 0. The molecule has 1 unspecified atom stereocenters. The van der Waals surface area contributed by atoms with Crippen molar-refractivity contribution in [1.29, 1.82) is 0 Å². The molecule has 1 atom stereocenters. The van der Waals surface area contributed by atoms with E-state index in [0.29, 0.717) is 0 Å². The second kappa shape index (κ2) is 4.75. The van der Waals surface area contributed by atoms with Gasteiger partial charge in [0.2, 0.25) is 0 Å². The molecule has 5 heteroatoms. The van der Waals surface area contributed by atoms with E-state index >= 15 is 0 Å². The number of anilines is 1. The van der Waals surface area contributed by atoms with Gasteiger partial charge in [0.15, 0.2) is 0 Å². The molecule has 82 valence electrons. The number of carbonyl (C=O) groups excluding carboxylic acids is 1. The molecule has 1 aromatic carbocycles. The van der Waals surface area contributed by atoms with Crippen molar-refractivity contribution < 1.29 is 14.3 Å². The highest BCUT2D eigenvalue weighted by Crippen LogP contribution is 2.13. The van der Waals surface area contributed by atoms with Crippen molar-refractivity contribution >= 4 is 11.6 Å². The lowest BCUT2D eigenvalue weighted by Gasteiger charge is -2.11. The van der Waals surface area contributed by atoms with Gasteiger partial charge in [0.25, 0.3) is 5.91 Å². The second-order valence-electron chi connectivity index (χ2n) is 3.29. The van der Waals surface area contributed by atoms with Gasteiger partial charge >= 0.3 is 0 Å². The summed E-state index contributed by atoms with van der Waals surface area (Å²) in [6.45, 7) is 1.45. The summed E-state index contributed by atoms with van der Waals surface area (Å²) in [5.74, 6) is -1.01. The van der Waals surface area contributed by atoms with E-state index in [0.717, 1.165) is 6.07 Å². The van der Waals surface area contributed by atoms with Crippen LogP contribution in [0.3, 0.4) is 0 Å². The topological polar surface area (TPSA) is 75.3 Å². The van der Waals surface area contributed by atoms with Gasteiger partial charge in [0, 0.05) is 11.7 Å². The van der Waals surface area contributed by atoms with Gasteiger partial charge in [-0.1, -0.05) is 0 Å². The highest BCUT2D eigenvalue weighted by Gasteiger charge is 2.12. The fourth-order valence-corrected chi connectivity index (χ4v) is 1.07. The summed E-state index contributed by atoms with van der Waals surface area (Å²) in [5.41, 5.74) is 5.80. The number of amides is 1. The first kappa shape index (κ1) is 11.5. The number of aliphatic hydroxyl groups is 1. The summed E-state index contributed by atoms with van der Waals surface area (Å²) in [6, 6.07) is 3.18. The highest BCUT2D eigenvalue weighted by molar-refractivity contribution is 5.99. The van der Waals surface area contributed by atoms with E-state index in [9.17, 15) is 9.18 Å². The molecule has 0 aliphatic rings. The van der Waals surface area contributed by atoms with E-state index in [2.05, 4.69) is 5.32 Å². The van der Waals surface area contributed by atoms with E-state index in [1.807, 2.05) is 0 Å². The fraction of sp³-hybridized carbons (Fsp3) is 0.300. The van der Waals surface area contributed by atoms with Crippen molar-refractivity contribution in [3.63, 3.8) is 0 Å². The zero-order valence-corrected chi connectivity index (χ0v) is 8.33. The average molecular weight is 212 g/mol. The van der Waals surface area contributed by atoms with E-state index in [1.54, 1.807) is 6.92 Å². The van der Waals surface area contributed by atoms with Gasteiger partial charge < -0.3 is 16.2 Å². The number of nitrogens with two attached hydrogens (primary N) is 1. The number of hydrogen-bond donors (Lipinski definition) is 3. The molecule has 0 saturated carbocycles. The van der Waals surface area contributed by atoms with Crippen LogP contribution in [0.4, 0.5) is 10.1 Å². The molecule has 0 spiro atoms. The van der Waals surface area contributed by atoms with Crippen LogP contribution < -0.4 is 11.1 Å². The Morgan fingerprint density at radius 2 is 2.33 bits per heavy atom. The normalized spacial score (nSPS) is 12.2. The van der Waals surface area contributed by atoms with E-state index in [4.69, 9.17) is 10.8 Å². The Morgan fingerprint density at radius 3 is 2.93 bits per heavy atom. The Bertz CT molecular complexity index is 368. The Hall–Kier alpha value is -1.62. The van der Waals surface area contributed by atoms with Crippen molar-refractivity contribution in [2.75, 3.05) is 12.3 Å².